The standard InChI is InChI=1S/C10H12FN5O3/c11-9-14-8-4(13-10(12)15-8)2-16(9)7-1-5(18)6(3-17)19-7/h2,5-7,17-18H,1,3H2,(H2,12,13)/p+1/t5-,6+,7?/m0/s1. The first kappa shape index (κ1) is 12.2. The van der Waals surface area contributed by atoms with Crippen LogP contribution < -0.4 is 10.3 Å². The molecule has 0 bridgehead atoms. The molecule has 2 aromatic rings. The van der Waals surface area contributed by atoms with Gasteiger partial charge in [0.2, 0.25) is 12.2 Å². The first-order valence-electron chi connectivity index (χ1n) is 5.75. The molecule has 9 heteroatoms. The minimum Gasteiger partial charge on any atom is -0.394 e. The lowest BCUT2D eigenvalue weighted by Crippen LogP contribution is -2.44. The van der Waals surface area contributed by atoms with Crippen molar-refractivity contribution in [3.8, 4) is 0 Å². The van der Waals surface area contributed by atoms with Crippen LogP contribution >= 0.6 is 0 Å². The van der Waals surface area contributed by atoms with Crippen LogP contribution in [-0.2, 0) is 4.74 Å². The fraction of sp³-hybridized carbons (Fsp3) is 0.500. The van der Waals surface area contributed by atoms with Gasteiger partial charge in [0.1, 0.15) is 12.3 Å². The molecule has 102 valence electrons. The summed E-state index contributed by atoms with van der Waals surface area (Å²) in [6, 6.07) is 0. The van der Waals surface area contributed by atoms with Gasteiger partial charge in [0.25, 0.3) is 5.65 Å². The summed E-state index contributed by atoms with van der Waals surface area (Å²) in [5.74, 6) is 0.139. The Morgan fingerprint density at radius 2 is 2.37 bits per heavy atom. The highest BCUT2D eigenvalue weighted by atomic mass is 19.1. The number of ether oxygens (including phenoxy) is 1. The van der Waals surface area contributed by atoms with Crippen LogP contribution in [0.15, 0.2) is 6.20 Å². The third kappa shape index (κ3) is 2.01. The molecular formula is C10H13FN5O3+. The molecular weight excluding hydrogens is 257 g/mol. The van der Waals surface area contributed by atoms with Gasteiger partial charge in [-0.25, -0.2) is 0 Å². The van der Waals surface area contributed by atoms with Crippen molar-refractivity contribution in [1.29, 1.82) is 0 Å². The number of H-pyrrole nitrogens is 1. The number of nitrogens with zero attached hydrogens (tertiary/aromatic N) is 3. The minimum absolute atomic E-state index is 0.139. The zero-order chi connectivity index (χ0) is 13.6. The van der Waals surface area contributed by atoms with E-state index < -0.39 is 24.5 Å². The Hall–Kier alpha value is -1.84. The minimum atomic E-state index is -0.843. The summed E-state index contributed by atoms with van der Waals surface area (Å²) >= 11 is 0. The summed E-state index contributed by atoms with van der Waals surface area (Å²) in [4.78, 5) is 10.2. The average Bonchev–Trinajstić information content (AvgIpc) is 2.89. The molecule has 1 saturated heterocycles. The fourth-order valence-electron chi connectivity index (χ4n) is 2.16. The molecule has 1 aliphatic heterocycles. The number of nitrogens with two attached hydrogens (primary N) is 1. The zero-order valence-electron chi connectivity index (χ0n) is 9.82. The normalized spacial score (nSPS) is 27.2. The molecule has 2 aromatic heterocycles. The van der Waals surface area contributed by atoms with E-state index in [2.05, 4.69) is 15.0 Å². The Morgan fingerprint density at radius 1 is 1.58 bits per heavy atom. The molecule has 1 aliphatic rings. The molecule has 1 unspecified atom stereocenters. The quantitative estimate of drug-likeness (QED) is 0.394. The van der Waals surface area contributed by atoms with E-state index in [1.807, 2.05) is 0 Å². The molecule has 0 radical (unpaired) electrons. The van der Waals surface area contributed by atoms with Crippen LogP contribution in [0, 0.1) is 6.08 Å². The van der Waals surface area contributed by atoms with Gasteiger partial charge in [0.15, 0.2) is 5.52 Å². The van der Waals surface area contributed by atoms with E-state index in [1.165, 1.54) is 6.20 Å². The van der Waals surface area contributed by atoms with Gasteiger partial charge >= 0.3 is 6.08 Å². The number of nitrogen functional groups attached to an aromatic ring is 1. The molecule has 1 fully saturated rings. The predicted octanol–water partition coefficient (Wildman–Crippen LogP) is -1.39. The number of imidazole rings is 1. The van der Waals surface area contributed by atoms with Crippen molar-refractivity contribution in [3.63, 3.8) is 0 Å². The summed E-state index contributed by atoms with van der Waals surface area (Å²) < 4.78 is 20.4. The third-order valence-electron chi connectivity index (χ3n) is 3.10. The summed E-state index contributed by atoms with van der Waals surface area (Å²) in [6.45, 7) is -0.327. The summed E-state index contributed by atoms with van der Waals surface area (Å²) in [5.41, 5.74) is 6.10. The lowest BCUT2D eigenvalue weighted by molar-refractivity contribution is -0.784. The van der Waals surface area contributed by atoms with Crippen molar-refractivity contribution in [2.75, 3.05) is 12.3 Å². The lowest BCUT2D eigenvalue weighted by atomic mass is 10.2. The van der Waals surface area contributed by atoms with Crippen LogP contribution in [0.5, 0.6) is 0 Å². The molecule has 3 atom stereocenters. The highest BCUT2D eigenvalue weighted by molar-refractivity contribution is 5.70. The summed E-state index contributed by atoms with van der Waals surface area (Å²) in [5, 5.41) is 18.7. The Kier molecular flexibility index (Phi) is 2.81. The number of aromatic amines is 1. The maximum Gasteiger partial charge on any atom is 0.492 e. The van der Waals surface area contributed by atoms with Crippen molar-refractivity contribution < 1.29 is 23.9 Å². The van der Waals surface area contributed by atoms with Crippen LogP contribution in [-0.4, -0.2) is 44.0 Å². The van der Waals surface area contributed by atoms with Gasteiger partial charge in [-0.05, 0) is 0 Å². The molecule has 0 saturated carbocycles. The van der Waals surface area contributed by atoms with Gasteiger partial charge in [-0.15, -0.1) is 4.39 Å². The van der Waals surface area contributed by atoms with Gasteiger partial charge in [-0.2, -0.15) is 9.55 Å². The van der Waals surface area contributed by atoms with Crippen molar-refractivity contribution in [1.82, 2.24) is 15.0 Å². The summed E-state index contributed by atoms with van der Waals surface area (Å²) in [6.07, 6.45) is -1.49. The molecule has 5 N–H and O–H groups in total. The molecule has 0 amide bonds. The number of fused-ring (bicyclic) bond motifs is 1. The average molecular weight is 270 g/mol. The van der Waals surface area contributed by atoms with Crippen molar-refractivity contribution in [2.45, 2.75) is 24.9 Å². The molecule has 8 nitrogen and oxygen atoms in total. The predicted molar refractivity (Wildman–Crippen MR) is 60.1 cm³/mol. The van der Waals surface area contributed by atoms with Gasteiger partial charge in [-0.1, -0.05) is 0 Å². The van der Waals surface area contributed by atoms with E-state index in [1.54, 1.807) is 0 Å². The third-order valence-corrected chi connectivity index (χ3v) is 3.10. The SMILES string of the molecule is Nc1nc2nc(F)[n+](C3C[C@H](O)[C@@H](CO)O3)cc2[nH]1. The maximum atomic E-state index is 13.9. The Labute approximate surface area is 106 Å². The number of hydrogen-bond acceptors (Lipinski definition) is 6. The molecule has 3 rings (SSSR count). The lowest BCUT2D eigenvalue weighted by Gasteiger charge is -2.10. The van der Waals surface area contributed by atoms with Crippen LogP contribution in [0.2, 0.25) is 0 Å². The van der Waals surface area contributed by atoms with E-state index in [-0.39, 0.29) is 24.6 Å². The van der Waals surface area contributed by atoms with Gasteiger partial charge < -0.3 is 25.7 Å². The topological polar surface area (TPSA) is 121 Å². The maximum absolute atomic E-state index is 13.9. The van der Waals surface area contributed by atoms with Crippen molar-refractivity contribution in [3.05, 3.63) is 12.3 Å². The number of halogens is 1. The van der Waals surface area contributed by atoms with E-state index in [4.69, 9.17) is 15.6 Å². The second-order valence-electron chi connectivity index (χ2n) is 4.39. The van der Waals surface area contributed by atoms with Crippen molar-refractivity contribution >= 4 is 17.1 Å². The van der Waals surface area contributed by atoms with Crippen LogP contribution in [0.3, 0.4) is 0 Å². The number of hydrogen-bond donors (Lipinski definition) is 4. The van der Waals surface area contributed by atoms with Gasteiger partial charge in [0, 0.05) is 11.4 Å². The second-order valence-corrected chi connectivity index (χ2v) is 4.39. The largest absolute Gasteiger partial charge is 0.492 e. The van der Waals surface area contributed by atoms with E-state index in [9.17, 15) is 9.50 Å². The Morgan fingerprint density at radius 3 is 3.05 bits per heavy atom. The summed E-state index contributed by atoms with van der Waals surface area (Å²) in [7, 11) is 0. The van der Waals surface area contributed by atoms with Gasteiger partial charge in [-0.3, -0.25) is 0 Å². The number of anilines is 1. The number of aliphatic hydroxyl groups excluding tert-OH is 2. The number of nitrogens with one attached hydrogen (secondary N) is 1. The van der Waals surface area contributed by atoms with Crippen molar-refractivity contribution in [2.24, 2.45) is 0 Å². The van der Waals surface area contributed by atoms with Crippen LogP contribution in [0.25, 0.3) is 11.2 Å². The number of aliphatic hydroxyl groups is 2. The molecule has 3 heterocycles. The number of rotatable bonds is 2. The molecule has 0 aliphatic carbocycles. The molecule has 0 spiro atoms. The Balaban J connectivity index is 1.98. The van der Waals surface area contributed by atoms with E-state index in [0.29, 0.717) is 5.52 Å². The second kappa shape index (κ2) is 4.37. The monoisotopic (exact) mass is 270 g/mol. The van der Waals surface area contributed by atoms with Crippen LogP contribution in [0.4, 0.5) is 10.3 Å². The van der Waals surface area contributed by atoms with Gasteiger partial charge in [0.05, 0.1) is 12.7 Å². The first-order chi connectivity index (χ1) is 9.08. The highest BCUT2D eigenvalue weighted by Gasteiger charge is 2.39. The first-order valence-corrected chi connectivity index (χ1v) is 5.75. The number of aromatic nitrogens is 4. The zero-order valence-corrected chi connectivity index (χ0v) is 9.82. The fourth-order valence-corrected chi connectivity index (χ4v) is 2.16. The molecule has 0 aromatic carbocycles. The smallest absolute Gasteiger partial charge is 0.394 e. The van der Waals surface area contributed by atoms with E-state index >= 15 is 0 Å². The Bertz CT molecular complexity index is 618. The molecule has 19 heavy (non-hydrogen) atoms. The highest BCUT2D eigenvalue weighted by Crippen LogP contribution is 2.24. The van der Waals surface area contributed by atoms with Crippen LogP contribution in [0.1, 0.15) is 12.6 Å². The van der Waals surface area contributed by atoms with E-state index in [0.717, 1.165) is 4.57 Å².